The lowest BCUT2D eigenvalue weighted by Crippen LogP contribution is -2.07. The predicted octanol–water partition coefficient (Wildman–Crippen LogP) is 2.42. The van der Waals surface area contributed by atoms with E-state index in [9.17, 15) is 0 Å². The fraction of sp³-hybridized carbons (Fsp3) is 0.222. The molecule has 0 heterocycles. The van der Waals surface area contributed by atoms with Crippen molar-refractivity contribution in [3.63, 3.8) is 0 Å². The number of nitrogens with one attached hydrogen (secondary N) is 1. The third-order valence-corrected chi connectivity index (χ3v) is 1.77. The van der Waals surface area contributed by atoms with E-state index in [-0.39, 0.29) is 0 Å². The SMILES string of the molecule is N=C(COCBr)c1ccccc1. The zero-order chi connectivity index (χ0) is 8.81. The zero-order valence-corrected chi connectivity index (χ0v) is 8.17. The van der Waals surface area contributed by atoms with Gasteiger partial charge in [0.05, 0.1) is 12.3 Å². The molecule has 64 valence electrons. The maximum absolute atomic E-state index is 7.59. The first-order valence-corrected chi connectivity index (χ1v) is 4.73. The summed E-state index contributed by atoms with van der Waals surface area (Å²) < 4.78 is 5.04. The van der Waals surface area contributed by atoms with Gasteiger partial charge in [-0.15, -0.1) is 0 Å². The molecule has 0 saturated heterocycles. The van der Waals surface area contributed by atoms with Crippen molar-refractivity contribution >= 4 is 21.6 Å². The quantitative estimate of drug-likeness (QED) is 0.623. The molecule has 0 aliphatic rings. The molecule has 12 heavy (non-hydrogen) atoms. The summed E-state index contributed by atoms with van der Waals surface area (Å²) in [5.74, 6) is 0. The van der Waals surface area contributed by atoms with E-state index < -0.39 is 0 Å². The maximum atomic E-state index is 7.59. The van der Waals surface area contributed by atoms with Gasteiger partial charge in [-0.05, 0) is 5.56 Å². The van der Waals surface area contributed by atoms with Crippen LogP contribution in [-0.4, -0.2) is 17.8 Å². The van der Waals surface area contributed by atoms with Gasteiger partial charge in [0.2, 0.25) is 0 Å². The van der Waals surface area contributed by atoms with Crippen LogP contribution in [0.5, 0.6) is 0 Å². The second-order valence-corrected chi connectivity index (χ2v) is 2.76. The molecule has 1 N–H and O–H groups in total. The third-order valence-electron chi connectivity index (χ3n) is 1.45. The van der Waals surface area contributed by atoms with Crippen molar-refractivity contribution in [1.29, 1.82) is 5.41 Å². The van der Waals surface area contributed by atoms with Gasteiger partial charge in [-0.3, -0.25) is 0 Å². The molecule has 0 aromatic heterocycles. The zero-order valence-electron chi connectivity index (χ0n) is 6.59. The summed E-state index contributed by atoms with van der Waals surface area (Å²) in [6, 6.07) is 9.57. The van der Waals surface area contributed by atoms with Crippen LogP contribution < -0.4 is 0 Å². The second kappa shape index (κ2) is 5.06. The minimum Gasteiger partial charge on any atom is -0.364 e. The Bertz CT molecular complexity index is 248. The molecule has 0 spiro atoms. The van der Waals surface area contributed by atoms with Crippen molar-refractivity contribution in [2.45, 2.75) is 0 Å². The number of ether oxygens (including phenoxy) is 1. The Morgan fingerprint density at radius 1 is 1.33 bits per heavy atom. The Hall–Kier alpha value is -0.670. The van der Waals surface area contributed by atoms with Gasteiger partial charge in [0.25, 0.3) is 0 Å². The maximum Gasteiger partial charge on any atom is 0.102 e. The molecule has 1 aromatic carbocycles. The third kappa shape index (κ3) is 2.75. The molecule has 0 fully saturated rings. The highest BCUT2D eigenvalue weighted by atomic mass is 79.9. The lowest BCUT2D eigenvalue weighted by molar-refractivity contribution is 0.231. The van der Waals surface area contributed by atoms with Crippen LogP contribution in [0.3, 0.4) is 0 Å². The molecular weight excluding hydrogens is 218 g/mol. The Morgan fingerprint density at radius 2 is 2.00 bits per heavy atom. The van der Waals surface area contributed by atoms with Gasteiger partial charge in [-0.1, -0.05) is 46.3 Å². The summed E-state index contributed by atoms with van der Waals surface area (Å²) in [6.45, 7) is 0.356. The fourth-order valence-electron chi connectivity index (χ4n) is 0.863. The molecule has 1 aromatic rings. The molecular formula is C9H10BrNO. The van der Waals surface area contributed by atoms with Gasteiger partial charge in [0, 0.05) is 0 Å². The van der Waals surface area contributed by atoms with Crippen LogP contribution >= 0.6 is 15.9 Å². The molecule has 0 radical (unpaired) electrons. The average Bonchev–Trinajstić information content (AvgIpc) is 2.15. The number of benzene rings is 1. The largest absolute Gasteiger partial charge is 0.364 e. The first-order valence-electron chi connectivity index (χ1n) is 3.61. The van der Waals surface area contributed by atoms with E-state index >= 15 is 0 Å². The van der Waals surface area contributed by atoms with E-state index in [1.165, 1.54) is 0 Å². The number of rotatable bonds is 4. The minimum absolute atomic E-state index is 0.356. The standard InChI is InChI=1S/C9H10BrNO/c10-7-12-6-9(11)8-4-2-1-3-5-8/h1-5,11H,6-7H2. The summed E-state index contributed by atoms with van der Waals surface area (Å²) in [4.78, 5) is 0. The summed E-state index contributed by atoms with van der Waals surface area (Å²) in [5.41, 5.74) is 1.90. The molecule has 2 nitrogen and oxygen atoms in total. The minimum atomic E-state index is 0.356. The van der Waals surface area contributed by atoms with E-state index in [4.69, 9.17) is 10.1 Å². The van der Waals surface area contributed by atoms with Crippen molar-refractivity contribution < 1.29 is 4.74 Å². The summed E-state index contributed by atoms with van der Waals surface area (Å²) in [6.07, 6.45) is 0. The van der Waals surface area contributed by atoms with Gasteiger partial charge in [-0.2, -0.15) is 0 Å². The van der Waals surface area contributed by atoms with Gasteiger partial charge < -0.3 is 10.1 Å². The van der Waals surface area contributed by atoms with Gasteiger partial charge in [0.15, 0.2) is 0 Å². The Labute approximate surface area is 80.2 Å². The molecule has 0 amide bonds. The monoisotopic (exact) mass is 227 g/mol. The van der Waals surface area contributed by atoms with E-state index in [1.54, 1.807) is 0 Å². The summed E-state index contributed by atoms with van der Waals surface area (Å²) in [7, 11) is 0. The predicted molar refractivity (Wildman–Crippen MR) is 53.0 cm³/mol. The first-order chi connectivity index (χ1) is 5.84. The normalized spacial score (nSPS) is 9.75. The number of alkyl halides is 1. The fourth-order valence-corrected chi connectivity index (χ4v) is 1.03. The molecule has 0 bridgehead atoms. The van der Waals surface area contributed by atoms with E-state index in [0.29, 0.717) is 17.8 Å². The Morgan fingerprint density at radius 3 is 2.58 bits per heavy atom. The van der Waals surface area contributed by atoms with Crippen LogP contribution in [0.2, 0.25) is 0 Å². The topological polar surface area (TPSA) is 33.1 Å². The molecule has 0 aliphatic carbocycles. The molecule has 3 heteroatoms. The van der Waals surface area contributed by atoms with Crippen LogP contribution in [0.1, 0.15) is 5.56 Å². The second-order valence-electron chi connectivity index (χ2n) is 2.30. The van der Waals surface area contributed by atoms with Gasteiger partial charge >= 0.3 is 0 Å². The molecule has 0 unspecified atom stereocenters. The highest BCUT2D eigenvalue weighted by Crippen LogP contribution is 2.00. The van der Waals surface area contributed by atoms with Crippen LogP contribution in [0, 0.1) is 5.41 Å². The van der Waals surface area contributed by atoms with Crippen molar-refractivity contribution in [3.05, 3.63) is 35.9 Å². The molecule has 1 rings (SSSR count). The Kier molecular flexibility index (Phi) is 3.97. The van der Waals surface area contributed by atoms with Crippen molar-refractivity contribution in [2.24, 2.45) is 0 Å². The lowest BCUT2D eigenvalue weighted by Gasteiger charge is -2.02. The van der Waals surface area contributed by atoms with Crippen LogP contribution in [0.15, 0.2) is 30.3 Å². The lowest BCUT2D eigenvalue weighted by atomic mass is 10.1. The molecule has 0 atom stereocenters. The van der Waals surface area contributed by atoms with E-state index in [2.05, 4.69) is 15.9 Å². The van der Waals surface area contributed by atoms with E-state index in [0.717, 1.165) is 5.56 Å². The molecule has 0 saturated carbocycles. The van der Waals surface area contributed by atoms with Crippen LogP contribution in [0.25, 0.3) is 0 Å². The van der Waals surface area contributed by atoms with Gasteiger partial charge in [0.1, 0.15) is 5.52 Å². The number of hydrogen-bond donors (Lipinski definition) is 1. The van der Waals surface area contributed by atoms with Gasteiger partial charge in [-0.25, -0.2) is 0 Å². The van der Waals surface area contributed by atoms with E-state index in [1.807, 2.05) is 30.3 Å². The van der Waals surface area contributed by atoms with Crippen LogP contribution in [-0.2, 0) is 4.74 Å². The highest BCUT2D eigenvalue weighted by Gasteiger charge is 1.98. The average molecular weight is 228 g/mol. The number of halogens is 1. The smallest absolute Gasteiger partial charge is 0.102 e. The summed E-state index contributed by atoms with van der Waals surface area (Å²) in [5, 5.41) is 7.59. The highest BCUT2D eigenvalue weighted by molar-refractivity contribution is 9.09. The molecule has 0 aliphatic heterocycles. The first kappa shape index (κ1) is 9.42. The summed E-state index contributed by atoms with van der Waals surface area (Å²) >= 11 is 3.13. The van der Waals surface area contributed by atoms with Crippen LogP contribution in [0.4, 0.5) is 0 Å². The van der Waals surface area contributed by atoms with Crippen molar-refractivity contribution in [2.75, 3.05) is 12.1 Å². The Balaban J connectivity index is 2.54. The number of hydrogen-bond acceptors (Lipinski definition) is 2. The van der Waals surface area contributed by atoms with Crippen molar-refractivity contribution in [3.8, 4) is 0 Å². The van der Waals surface area contributed by atoms with Crippen molar-refractivity contribution in [1.82, 2.24) is 0 Å².